The molecule has 0 saturated heterocycles. The van der Waals surface area contributed by atoms with Crippen LogP contribution in [-0.4, -0.2) is 9.97 Å². The number of aryl methyl sites for hydroxylation is 1. The molecule has 78 valence electrons. The highest BCUT2D eigenvalue weighted by molar-refractivity contribution is 5.38. The van der Waals surface area contributed by atoms with Crippen LogP contribution in [0.15, 0.2) is 30.7 Å². The van der Waals surface area contributed by atoms with Crippen LogP contribution in [0.4, 0.5) is 0 Å². The van der Waals surface area contributed by atoms with Crippen molar-refractivity contribution >= 4 is 0 Å². The van der Waals surface area contributed by atoms with E-state index in [1.54, 1.807) is 6.20 Å². The van der Waals surface area contributed by atoms with Crippen LogP contribution >= 0.6 is 0 Å². The summed E-state index contributed by atoms with van der Waals surface area (Å²) in [6, 6.07) is 5.76. The third-order valence-electron chi connectivity index (χ3n) is 2.79. The summed E-state index contributed by atoms with van der Waals surface area (Å²) < 4.78 is 23.3. The quantitative estimate of drug-likeness (QED) is 0.748. The molecule has 1 aromatic carbocycles. The minimum atomic E-state index is -2.09. The van der Waals surface area contributed by atoms with Crippen LogP contribution in [0.3, 0.4) is 0 Å². The standard InChI is InChI=1S/C13H16N2/c1-9-5-4-6-12(10(9)2)11(3)13-7-14-8-15-13/h4-8,11H,1-3H3,(H,14,15)/i3+1D3. The molecule has 0 aliphatic carbocycles. The van der Waals surface area contributed by atoms with Gasteiger partial charge in [-0.15, -0.1) is 0 Å². The average Bonchev–Trinajstić information content (AvgIpc) is 2.76. The van der Waals surface area contributed by atoms with Gasteiger partial charge in [-0.3, -0.25) is 0 Å². The molecule has 0 spiro atoms. The van der Waals surface area contributed by atoms with Crippen molar-refractivity contribution in [1.82, 2.24) is 9.97 Å². The maximum absolute atomic E-state index is 7.76. The zero-order chi connectivity index (χ0) is 13.3. The summed E-state index contributed by atoms with van der Waals surface area (Å²) in [6.07, 6.45) is 3.10. The zero-order valence-electron chi connectivity index (χ0n) is 11.9. The fourth-order valence-corrected chi connectivity index (χ4v) is 1.68. The molecule has 1 heterocycles. The van der Waals surface area contributed by atoms with Gasteiger partial charge < -0.3 is 4.98 Å². The fourth-order valence-electron chi connectivity index (χ4n) is 1.68. The smallest absolute Gasteiger partial charge is 0.0921 e. The molecule has 0 fully saturated rings. The molecular weight excluding hydrogens is 185 g/mol. The number of H-pyrrole nitrogens is 1. The van der Waals surface area contributed by atoms with Gasteiger partial charge in [0, 0.05) is 21.9 Å². The van der Waals surface area contributed by atoms with Gasteiger partial charge in [0.1, 0.15) is 0 Å². The molecule has 1 aromatic heterocycles. The van der Waals surface area contributed by atoms with Crippen LogP contribution in [0.5, 0.6) is 0 Å². The molecule has 15 heavy (non-hydrogen) atoms. The van der Waals surface area contributed by atoms with Gasteiger partial charge >= 0.3 is 0 Å². The summed E-state index contributed by atoms with van der Waals surface area (Å²) in [5.41, 5.74) is 3.58. The molecule has 0 saturated carbocycles. The Kier molecular flexibility index (Phi) is 1.77. The molecule has 0 aliphatic heterocycles. The first kappa shape index (κ1) is 6.83. The molecule has 0 radical (unpaired) electrons. The first-order valence-electron chi connectivity index (χ1n) is 6.45. The van der Waals surface area contributed by atoms with Gasteiger partial charge in [-0.25, -0.2) is 4.98 Å². The molecule has 0 aliphatic rings. The first-order chi connectivity index (χ1) is 8.41. The Hall–Kier alpha value is -1.57. The topological polar surface area (TPSA) is 28.7 Å². The number of hydrogen-bond donors (Lipinski definition) is 1. The van der Waals surface area contributed by atoms with Gasteiger partial charge in [-0.1, -0.05) is 25.1 Å². The van der Waals surface area contributed by atoms with Crippen LogP contribution < -0.4 is 0 Å². The summed E-state index contributed by atoms with van der Waals surface area (Å²) in [6.45, 7) is 1.85. The summed E-state index contributed by atoms with van der Waals surface area (Å²) in [7, 11) is 0. The lowest BCUT2D eigenvalue weighted by atomic mass is 9.95. The van der Waals surface area contributed by atoms with Crippen molar-refractivity contribution in [2.45, 2.75) is 26.6 Å². The van der Waals surface area contributed by atoms with Crippen molar-refractivity contribution < 1.29 is 4.11 Å². The van der Waals surface area contributed by atoms with Crippen molar-refractivity contribution in [3.63, 3.8) is 0 Å². The average molecular weight is 204 g/mol. The van der Waals surface area contributed by atoms with E-state index in [0.29, 0.717) is 5.69 Å². The summed E-state index contributed by atoms with van der Waals surface area (Å²) in [5.74, 6) is -0.653. The number of nitrogens with one attached hydrogen (secondary N) is 1. The number of rotatable bonds is 2. The Morgan fingerprint density at radius 3 is 2.93 bits per heavy atom. The third-order valence-corrected chi connectivity index (χ3v) is 2.79. The number of aromatic amines is 1. The van der Waals surface area contributed by atoms with E-state index in [9.17, 15) is 0 Å². The van der Waals surface area contributed by atoms with E-state index in [-0.39, 0.29) is 0 Å². The Balaban J connectivity index is 2.58. The molecule has 0 amide bonds. The van der Waals surface area contributed by atoms with E-state index >= 15 is 0 Å². The predicted octanol–water partition coefficient (Wildman–Crippen LogP) is 3.18. The van der Waals surface area contributed by atoms with Crippen LogP contribution in [0.25, 0.3) is 0 Å². The number of nitrogens with zero attached hydrogens (tertiary/aromatic N) is 1. The molecule has 1 N–H and O–H groups in total. The molecule has 2 rings (SSSR count). The van der Waals surface area contributed by atoms with Crippen molar-refractivity contribution in [3.8, 4) is 0 Å². The van der Waals surface area contributed by atoms with Gasteiger partial charge in [0.25, 0.3) is 0 Å². The molecule has 2 nitrogen and oxygen atoms in total. The van der Waals surface area contributed by atoms with E-state index in [1.807, 2.05) is 32.0 Å². The van der Waals surface area contributed by atoms with Gasteiger partial charge in [0.15, 0.2) is 0 Å². The molecule has 1 unspecified atom stereocenters. The highest BCUT2D eigenvalue weighted by Gasteiger charge is 2.12. The van der Waals surface area contributed by atoms with Crippen LogP contribution in [0.2, 0.25) is 0 Å². The highest BCUT2D eigenvalue weighted by atomic mass is 14.9. The van der Waals surface area contributed by atoms with E-state index in [0.717, 1.165) is 16.7 Å². The SMILES string of the molecule is [2H][13C]([2H])([2H])C(c1cnc[nH]1)c1cccc(C)c1C. The second-order valence-corrected chi connectivity index (χ2v) is 3.73. The lowest BCUT2D eigenvalue weighted by Crippen LogP contribution is -2.00. The van der Waals surface area contributed by atoms with E-state index in [2.05, 4.69) is 9.97 Å². The predicted molar refractivity (Wildman–Crippen MR) is 62.0 cm³/mol. The number of hydrogen-bond acceptors (Lipinski definition) is 1. The summed E-state index contributed by atoms with van der Waals surface area (Å²) in [4.78, 5) is 6.85. The minimum Gasteiger partial charge on any atom is -0.348 e. The summed E-state index contributed by atoms with van der Waals surface area (Å²) in [5, 5.41) is 0. The Labute approximate surface area is 94.6 Å². The highest BCUT2D eigenvalue weighted by Crippen LogP contribution is 2.26. The first-order valence-corrected chi connectivity index (χ1v) is 4.95. The van der Waals surface area contributed by atoms with E-state index < -0.39 is 12.8 Å². The van der Waals surface area contributed by atoms with Crippen LogP contribution in [0, 0.1) is 13.8 Å². The lowest BCUT2D eigenvalue weighted by Gasteiger charge is -2.14. The number of benzene rings is 1. The Bertz CT molecular complexity index is 530. The molecule has 2 aromatic rings. The minimum absolute atomic E-state index is 0.628. The maximum atomic E-state index is 7.76. The monoisotopic (exact) mass is 204 g/mol. The summed E-state index contributed by atoms with van der Waals surface area (Å²) >= 11 is 0. The molecule has 2 heteroatoms. The van der Waals surface area contributed by atoms with Gasteiger partial charge in [0.2, 0.25) is 0 Å². The van der Waals surface area contributed by atoms with Crippen LogP contribution in [-0.2, 0) is 0 Å². The van der Waals surface area contributed by atoms with Crippen molar-refractivity contribution in [1.29, 1.82) is 0 Å². The number of aromatic nitrogens is 2. The van der Waals surface area contributed by atoms with Gasteiger partial charge in [-0.05, 0) is 30.5 Å². The molecule has 0 bridgehead atoms. The van der Waals surface area contributed by atoms with Gasteiger partial charge in [0.05, 0.1) is 6.33 Å². The van der Waals surface area contributed by atoms with E-state index in [1.165, 1.54) is 6.33 Å². The number of imidazole rings is 1. The van der Waals surface area contributed by atoms with Crippen LogP contribution in [0.1, 0.15) is 39.3 Å². The van der Waals surface area contributed by atoms with E-state index in [4.69, 9.17) is 4.11 Å². The molecular formula is C13H16N2. The largest absolute Gasteiger partial charge is 0.348 e. The second kappa shape index (κ2) is 3.89. The van der Waals surface area contributed by atoms with Crippen molar-refractivity contribution in [2.75, 3.05) is 0 Å². The zero-order valence-corrected chi connectivity index (χ0v) is 8.91. The molecule has 1 atom stereocenters. The van der Waals surface area contributed by atoms with Gasteiger partial charge in [-0.2, -0.15) is 0 Å². The second-order valence-electron chi connectivity index (χ2n) is 3.73. The lowest BCUT2D eigenvalue weighted by molar-refractivity contribution is 0.871. The Morgan fingerprint density at radius 1 is 1.40 bits per heavy atom. The normalized spacial score (nSPS) is 16.5. The van der Waals surface area contributed by atoms with Crippen molar-refractivity contribution in [2.24, 2.45) is 0 Å². The fraction of sp³-hybridized carbons (Fsp3) is 0.308. The maximum Gasteiger partial charge on any atom is 0.0921 e. The van der Waals surface area contributed by atoms with Crippen molar-refractivity contribution in [3.05, 3.63) is 53.1 Å². The Morgan fingerprint density at radius 2 is 2.27 bits per heavy atom. The third kappa shape index (κ3) is 1.80.